The Morgan fingerprint density at radius 1 is 1.47 bits per heavy atom. The van der Waals surface area contributed by atoms with Gasteiger partial charge in [-0.1, -0.05) is 6.92 Å². The second kappa shape index (κ2) is 5.92. The summed E-state index contributed by atoms with van der Waals surface area (Å²) in [5.74, 6) is -0.443. The summed E-state index contributed by atoms with van der Waals surface area (Å²) in [4.78, 5) is 16.7. The Morgan fingerprint density at radius 2 is 2.21 bits per heavy atom. The first-order valence-electron chi connectivity index (χ1n) is 6.54. The van der Waals surface area contributed by atoms with Gasteiger partial charge in [-0.25, -0.2) is 4.39 Å². The Bertz CT molecular complexity index is 481. The van der Waals surface area contributed by atoms with Gasteiger partial charge in [-0.2, -0.15) is 0 Å². The molecule has 0 radical (unpaired) electrons. The summed E-state index contributed by atoms with van der Waals surface area (Å²) in [5.41, 5.74) is 0.503. The zero-order valence-electron chi connectivity index (χ0n) is 11.3. The van der Waals surface area contributed by atoms with E-state index >= 15 is 0 Å². The van der Waals surface area contributed by atoms with Gasteiger partial charge in [-0.05, 0) is 31.7 Å². The van der Waals surface area contributed by atoms with Crippen LogP contribution in [0.2, 0.25) is 0 Å². The van der Waals surface area contributed by atoms with Crippen LogP contribution in [0.1, 0.15) is 24.2 Å². The first-order valence-corrected chi connectivity index (χ1v) is 6.99. The van der Waals surface area contributed by atoms with E-state index < -0.39 is 5.82 Å². The average Bonchev–Trinajstić information content (AvgIpc) is 2.41. The number of benzene rings is 1. The van der Waals surface area contributed by atoms with Crippen LogP contribution < -0.4 is 0 Å². The summed E-state index contributed by atoms with van der Waals surface area (Å²) >= 11 is 4.02. The van der Waals surface area contributed by atoms with Gasteiger partial charge in [-0.3, -0.25) is 9.69 Å². The molecule has 2 rings (SSSR count). The maximum absolute atomic E-state index is 13.2. The van der Waals surface area contributed by atoms with Gasteiger partial charge < -0.3 is 4.90 Å². The normalized spacial score (nSPS) is 20.6. The Labute approximate surface area is 118 Å². The third-order valence-corrected chi connectivity index (χ3v) is 3.99. The van der Waals surface area contributed by atoms with Crippen LogP contribution in [0.25, 0.3) is 0 Å². The molecule has 0 aromatic heterocycles. The number of likely N-dealkylation sites (N-methyl/N-ethyl adjacent to an activating group) is 1. The van der Waals surface area contributed by atoms with Gasteiger partial charge >= 0.3 is 0 Å². The van der Waals surface area contributed by atoms with Crippen LogP contribution in [-0.4, -0.2) is 47.9 Å². The predicted molar refractivity (Wildman–Crippen MR) is 76.3 cm³/mol. The van der Waals surface area contributed by atoms with Crippen molar-refractivity contribution in [3.63, 3.8) is 0 Å². The highest BCUT2D eigenvalue weighted by Crippen LogP contribution is 2.17. The lowest BCUT2D eigenvalue weighted by Crippen LogP contribution is -2.53. The number of halogens is 1. The first kappa shape index (κ1) is 14.3. The van der Waals surface area contributed by atoms with Crippen molar-refractivity contribution < 1.29 is 9.18 Å². The number of amides is 1. The van der Waals surface area contributed by atoms with Crippen LogP contribution in [0.3, 0.4) is 0 Å². The number of carbonyl (C=O) groups is 1. The van der Waals surface area contributed by atoms with Crippen LogP contribution >= 0.6 is 12.6 Å². The van der Waals surface area contributed by atoms with E-state index in [4.69, 9.17) is 0 Å². The molecule has 1 aromatic rings. The van der Waals surface area contributed by atoms with Crippen molar-refractivity contribution in [2.75, 3.05) is 26.2 Å². The third kappa shape index (κ3) is 3.09. The maximum Gasteiger partial charge on any atom is 0.253 e. The van der Waals surface area contributed by atoms with Crippen LogP contribution in [0, 0.1) is 5.82 Å². The van der Waals surface area contributed by atoms with Gasteiger partial charge in [0.15, 0.2) is 0 Å². The molecule has 1 fully saturated rings. The van der Waals surface area contributed by atoms with E-state index in [0.29, 0.717) is 18.2 Å². The minimum Gasteiger partial charge on any atom is -0.336 e. The third-order valence-electron chi connectivity index (χ3n) is 3.65. The summed E-state index contributed by atoms with van der Waals surface area (Å²) in [6, 6.07) is 4.67. The van der Waals surface area contributed by atoms with Gasteiger partial charge in [0.2, 0.25) is 0 Å². The second-order valence-corrected chi connectivity index (χ2v) is 5.38. The van der Waals surface area contributed by atoms with Crippen molar-refractivity contribution in [3.8, 4) is 0 Å². The summed E-state index contributed by atoms with van der Waals surface area (Å²) < 4.78 is 13.2. The SMILES string of the molecule is CCN1CCN(C(=O)c2ccc(F)c(S)c2)CC1C. The van der Waals surface area contributed by atoms with E-state index in [2.05, 4.69) is 31.4 Å². The molecule has 5 heteroatoms. The molecule has 1 atom stereocenters. The lowest BCUT2D eigenvalue weighted by molar-refractivity contribution is 0.0528. The topological polar surface area (TPSA) is 23.6 Å². The molecule has 1 amide bonds. The smallest absolute Gasteiger partial charge is 0.253 e. The molecule has 1 aromatic carbocycles. The molecular weight excluding hydrogens is 263 g/mol. The molecule has 0 spiro atoms. The largest absolute Gasteiger partial charge is 0.336 e. The summed E-state index contributed by atoms with van der Waals surface area (Å²) in [6.45, 7) is 7.57. The highest BCUT2D eigenvalue weighted by molar-refractivity contribution is 7.80. The van der Waals surface area contributed by atoms with Crippen molar-refractivity contribution >= 4 is 18.5 Å². The molecule has 1 aliphatic heterocycles. The molecular formula is C14H19FN2OS. The lowest BCUT2D eigenvalue weighted by Gasteiger charge is -2.39. The van der Waals surface area contributed by atoms with Crippen molar-refractivity contribution in [2.24, 2.45) is 0 Å². The molecule has 1 heterocycles. The fraction of sp³-hybridized carbons (Fsp3) is 0.500. The van der Waals surface area contributed by atoms with E-state index in [0.717, 1.165) is 19.6 Å². The Morgan fingerprint density at radius 3 is 2.79 bits per heavy atom. The molecule has 1 unspecified atom stereocenters. The fourth-order valence-electron chi connectivity index (χ4n) is 2.48. The summed E-state index contributed by atoms with van der Waals surface area (Å²) in [6.07, 6.45) is 0. The molecule has 0 bridgehead atoms. The zero-order valence-corrected chi connectivity index (χ0v) is 12.2. The number of hydrogen-bond acceptors (Lipinski definition) is 3. The quantitative estimate of drug-likeness (QED) is 0.841. The number of carbonyl (C=O) groups excluding carboxylic acids is 1. The van der Waals surface area contributed by atoms with Gasteiger partial charge in [0.1, 0.15) is 5.82 Å². The summed E-state index contributed by atoms with van der Waals surface area (Å²) in [5, 5.41) is 0. The average molecular weight is 282 g/mol. The Kier molecular flexibility index (Phi) is 4.47. The number of rotatable bonds is 2. The van der Waals surface area contributed by atoms with Crippen LogP contribution in [0.5, 0.6) is 0 Å². The highest BCUT2D eigenvalue weighted by atomic mass is 32.1. The van der Waals surface area contributed by atoms with Gasteiger partial charge in [0.05, 0.1) is 0 Å². The fourth-order valence-corrected chi connectivity index (χ4v) is 2.69. The van der Waals surface area contributed by atoms with Crippen molar-refractivity contribution in [3.05, 3.63) is 29.6 Å². The minimum atomic E-state index is -0.399. The summed E-state index contributed by atoms with van der Waals surface area (Å²) in [7, 11) is 0. The standard InChI is InChI=1S/C14H19FN2OS/c1-3-16-6-7-17(9-10(16)2)14(18)11-4-5-12(15)13(19)8-11/h4-5,8,10,19H,3,6-7,9H2,1-2H3. The molecule has 104 valence electrons. The Balaban J connectivity index is 2.10. The molecule has 1 aliphatic rings. The molecule has 0 saturated carbocycles. The molecule has 3 nitrogen and oxygen atoms in total. The minimum absolute atomic E-state index is 0.0436. The zero-order chi connectivity index (χ0) is 14.0. The number of nitrogens with zero attached hydrogens (tertiary/aromatic N) is 2. The second-order valence-electron chi connectivity index (χ2n) is 4.89. The van der Waals surface area contributed by atoms with Crippen molar-refractivity contribution in [1.29, 1.82) is 0 Å². The van der Waals surface area contributed by atoms with Gasteiger partial charge in [0.25, 0.3) is 5.91 Å². The van der Waals surface area contributed by atoms with E-state index in [-0.39, 0.29) is 10.8 Å². The number of piperazine rings is 1. The number of thiol groups is 1. The molecule has 1 saturated heterocycles. The van der Waals surface area contributed by atoms with E-state index in [1.807, 2.05) is 4.90 Å². The maximum atomic E-state index is 13.2. The Hall–Kier alpha value is -1.07. The van der Waals surface area contributed by atoms with Gasteiger partial charge in [-0.15, -0.1) is 12.6 Å². The van der Waals surface area contributed by atoms with E-state index in [1.54, 1.807) is 0 Å². The monoisotopic (exact) mass is 282 g/mol. The van der Waals surface area contributed by atoms with Crippen LogP contribution in [0.15, 0.2) is 23.1 Å². The van der Waals surface area contributed by atoms with E-state index in [1.165, 1.54) is 18.2 Å². The predicted octanol–water partition coefficient (Wildman–Crippen LogP) is 2.28. The highest BCUT2D eigenvalue weighted by Gasteiger charge is 2.26. The van der Waals surface area contributed by atoms with Crippen LogP contribution in [-0.2, 0) is 0 Å². The molecule has 0 N–H and O–H groups in total. The van der Waals surface area contributed by atoms with Crippen LogP contribution in [0.4, 0.5) is 4.39 Å². The van der Waals surface area contributed by atoms with Crippen molar-refractivity contribution in [2.45, 2.75) is 24.8 Å². The van der Waals surface area contributed by atoms with E-state index in [9.17, 15) is 9.18 Å². The molecule has 19 heavy (non-hydrogen) atoms. The first-order chi connectivity index (χ1) is 9.02. The van der Waals surface area contributed by atoms with Crippen molar-refractivity contribution in [1.82, 2.24) is 9.80 Å². The van der Waals surface area contributed by atoms with Gasteiger partial charge in [0, 0.05) is 36.1 Å². The molecule has 0 aliphatic carbocycles. The number of hydrogen-bond donors (Lipinski definition) is 1. The lowest BCUT2D eigenvalue weighted by atomic mass is 10.1.